The van der Waals surface area contributed by atoms with Crippen LogP contribution < -0.4 is 4.74 Å². The Hall–Kier alpha value is -2.76. The van der Waals surface area contributed by atoms with Gasteiger partial charge in [0.1, 0.15) is 17.1 Å². The smallest absolute Gasteiger partial charge is 0.167 e. The summed E-state index contributed by atoms with van der Waals surface area (Å²) in [6.07, 6.45) is 1.58. The molecule has 5 nitrogen and oxygen atoms in total. The standard InChI is InChI=1S/C14H10FN3O2/c1-8-6-10-12(4-5-16-14(10)17-8)20-13-3-2-9(18-19)7-11(13)15/h2-7H,1H3,(H,16,17). The highest BCUT2D eigenvalue weighted by Gasteiger charge is 2.10. The molecule has 0 unspecified atom stereocenters. The Morgan fingerprint density at radius 1 is 1.25 bits per heavy atom. The first-order valence-electron chi connectivity index (χ1n) is 5.92. The molecule has 20 heavy (non-hydrogen) atoms. The molecular formula is C14H10FN3O2. The highest BCUT2D eigenvalue weighted by atomic mass is 19.1. The zero-order valence-corrected chi connectivity index (χ0v) is 10.6. The minimum absolute atomic E-state index is 0.0206. The molecule has 3 aromatic rings. The maximum absolute atomic E-state index is 13.8. The molecule has 0 fully saturated rings. The molecule has 0 radical (unpaired) electrons. The van der Waals surface area contributed by atoms with Gasteiger partial charge >= 0.3 is 0 Å². The van der Waals surface area contributed by atoms with Gasteiger partial charge in [-0.2, -0.15) is 0 Å². The van der Waals surface area contributed by atoms with Crippen LogP contribution in [0.25, 0.3) is 11.0 Å². The Kier molecular flexibility index (Phi) is 2.90. The average Bonchev–Trinajstić information content (AvgIpc) is 2.82. The maximum Gasteiger partial charge on any atom is 0.167 e. The lowest BCUT2D eigenvalue weighted by Gasteiger charge is -2.07. The van der Waals surface area contributed by atoms with Crippen molar-refractivity contribution in [3.63, 3.8) is 0 Å². The molecule has 0 aliphatic heterocycles. The van der Waals surface area contributed by atoms with Crippen LogP contribution in [0.4, 0.5) is 10.1 Å². The van der Waals surface area contributed by atoms with Gasteiger partial charge in [0.15, 0.2) is 11.6 Å². The number of pyridine rings is 1. The second-order valence-electron chi connectivity index (χ2n) is 4.33. The summed E-state index contributed by atoms with van der Waals surface area (Å²) in [6.45, 7) is 1.90. The van der Waals surface area contributed by atoms with Gasteiger partial charge in [0, 0.05) is 18.0 Å². The number of hydrogen-bond donors (Lipinski definition) is 1. The number of aromatic nitrogens is 2. The Labute approximate surface area is 113 Å². The second-order valence-corrected chi connectivity index (χ2v) is 4.33. The predicted octanol–water partition coefficient (Wildman–Crippen LogP) is 4.20. The topological polar surface area (TPSA) is 67.3 Å². The molecule has 2 heterocycles. The number of H-pyrrole nitrogens is 1. The Morgan fingerprint density at radius 2 is 2.10 bits per heavy atom. The fourth-order valence-electron chi connectivity index (χ4n) is 1.97. The van der Waals surface area contributed by atoms with Crippen molar-refractivity contribution in [1.82, 2.24) is 9.97 Å². The Bertz CT molecular complexity index is 798. The number of rotatable bonds is 3. The van der Waals surface area contributed by atoms with Crippen LogP contribution in [0.15, 0.2) is 41.7 Å². The van der Waals surface area contributed by atoms with Gasteiger partial charge in [-0.25, -0.2) is 9.37 Å². The number of fused-ring (bicyclic) bond motifs is 1. The molecule has 0 spiro atoms. The number of nitrogens with one attached hydrogen (secondary N) is 1. The van der Waals surface area contributed by atoms with Gasteiger partial charge in [0.2, 0.25) is 0 Å². The van der Waals surface area contributed by atoms with Crippen LogP contribution in [0.5, 0.6) is 11.5 Å². The zero-order chi connectivity index (χ0) is 14.1. The van der Waals surface area contributed by atoms with Crippen LogP contribution in [0, 0.1) is 17.6 Å². The Morgan fingerprint density at radius 3 is 2.85 bits per heavy atom. The van der Waals surface area contributed by atoms with E-state index < -0.39 is 5.82 Å². The highest BCUT2D eigenvalue weighted by molar-refractivity contribution is 5.83. The van der Waals surface area contributed by atoms with Crippen LogP contribution in [-0.4, -0.2) is 9.97 Å². The van der Waals surface area contributed by atoms with Crippen LogP contribution in [0.1, 0.15) is 5.69 Å². The fourth-order valence-corrected chi connectivity index (χ4v) is 1.97. The molecular weight excluding hydrogens is 261 g/mol. The molecule has 0 saturated heterocycles. The lowest BCUT2D eigenvalue weighted by atomic mass is 10.2. The van der Waals surface area contributed by atoms with Gasteiger partial charge in [-0.3, -0.25) is 0 Å². The van der Waals surface area contributed by atoms with Crippen LogP contribution in [0.2, 0.25) is 0 Å². The van der Waals surface area contributed by atoms with Crippen molar-refractivity contribution >= 4 is 16.7 Å². The third-order valence-corrected chi connectivity index (χ3v) is 2.87. The van der Waals surface area contributed by atoms with Crippen LogP contribution in [-0.2, 0) is 0 Å². The quantitative estimate of drug-likeness (QED) is 0.726. The van der Waals surface area contributed by atoms with Crippen molar-refractivity contribution < 1.29 is 9.13 Å². The molecule has 1 N–H and O–H groups in total. The molecule has 6 heteroatoms. The number of hydrogen-bond acceptors (Lipinski definition) is 4. The maximum atomic E-state index is 13.8. The summed E-state index contributed by atoms with van der Waals surface area (Å²) in [5.74, 6) is -0.117. The highest BCUT2D eigenvalue weighted by Crippen LogP contribution is 2.32. The number of nitrogens with zero attached hydrogens (tertiary/aromatic N) is 2. The van der Waals surface area contributed by atoms with Crippen molar-refractivity contribution in [2.75, 3.05) is 0 Å². The van der Waals surface area contributed by atoms with E-state index in [0.717, 1.165) is 17.1 Å². The SMILES string of the molecule is Cc1cc2c(Oc3ccc(N=O)cc3F)ccnc2[nH]1. The summed E-state index contributed by atoms with van der Waals surface area (Å²) in [5.41, 5.74) is 1.63. The zero-order valence-electron chi connectivity index (χ0n) is 10.6. The van der Waals surface area contributed by atoms with Gasteiger partial charge in [0.25, 0.3) is 0 Å². The van der Waals surface area contributed by atoms with Crippen molar-refractivity contribution in [2.24, 2.45) is 5.18 Å². The van der Waals surface area contributed by atoms with E-state index in [1.807, 2.05) is 13.0 Å². The molecule has 3 rings (SSSR count). The monoisotopic (exact) mass is 271 g/mol. The number of nitroso groups, excluding NO2 is 1. The van der Waals surface area contributed by atoms with E-state index in [2.05, 4.69) is 15.1 Å². The molecule has 0 saturated carbocycles. The van der Waals surface area contributed by atoms with Gasteiger partial charge in [-0.1, -0.05) is 0 Å². The van der Waals surface area contributed by atoms with E-state index in [4.69, 9.17) is 4.74 Å². The van der Waals surface area contributed by atoms with E-state index >= 15 is 0 Å². The van der Waals surface area contributed by atoms with Crippen molar-refractivity contribution in [2.45, 2.75) is 6.92 Å². The first kappa shape index (κ1) is 12.3. The number of benzene rings is 1. The summed E-state index contributed by atoms with van der Waals surface area (Å²) in [6, 6.07) is 7.32. The molecule has 0 aliphatic rings. The van der Waals surface area contributed by atoms with E-state index in [0.29, 0.717) is 11.4 Å². The largest absolute Gasteiger partial charge is 0.453 e. The minimum Gasteiger partial charge on any atom is -0.453 e. The number of aryl methyl sites for hydroxylation is 1. The fraction of sp³-hybridized carbons (Fsp3) is 0.0714. The van der Waals surface area contributed by atoms with Crippen LogP contribution in [0.3, 0.4) is 0 Å². The lowest BCUT2D eigenvalue weighted by molar-refractivity contribution is 0.446. The predicted molar refractivity (Wildman–Crippen MR) is 72.8 cm³/mol. The average molecular weight is 271 g/mol. The van der Waals surface area contributed by atoms with E-state index in [1.165, 1.54) is 12.1 Å². The third kappa shape index (κ3) is 2.11. The molecule has 0 aliphatic carbocycles. The van der Waals surface area contributed by atoms with E-state index in [9.17, 15) is 9.30 Å². The summed E-state index contributed by atoms with van der Waals surface area (Å²) >= 11 is 0. The first-order chi connectivity index (χ1) is 9.67. The van der Waals surface area contributed by atoms with Crippen LogP contribution >= 0.6 is 0 Å². The van der Waals surface area contributed by atoms with Gasteiger partial charge in [-0.05, 0) is 36.4 Å². The lowest BCUT2D eigenvalue weighted by Crippen LogP contribution is -1.89. The first-order valence-corrected chi connectivity index (χ1v) is 5.92. The molecule has 2 aromatic heterocycles. The van der Waals surface area contributed by atoms with Gasteiger partial charge < -0.3 is 9.72 Å². The summed E-state index contributed by atoms with van der Waals surface area (Å²) < 4.78 is 19.3. The number of halogens is 1. The molecule has 1 aromatic carbocycles. The third-order valence-electron chi connectivity index (χ3n) is 2.87. The molecule has 0 amide bonds. The second kappa shape index (κ2) is 4.73. The van der Waals surface area contributed by atoms with E-state index in [-0.39, 0.29) is 11.4 Å². The number of aromatic amines is 1. The van der Waals surface area contributed by atoms with Gasteiger partial charge in [-0.15, -0.1) is 4.91 Å². The summed E-state index contributed by atoms with van der Waals surface area (Å²) in [5, 5.41) is 3.44. The normalized spacial score (nSPS) is 10.7. The van der Waals surface area contributed by atoms with Crippen molar-refractivity contribution in [3.05, 3.63) is 52.9 Å². The Balaban J connectivity index is 2.03. The summed E-state index contributed by atoms with van der Waals surface area (Å²) in [7, 11) is 0. The number of ether oxygens (including phenoxy) is 1. The van der Waals surface area contributed by atoms with E-state index in [1.54, 1.807) is 12.3 Å². The van der Waals surface area contributed by atoms with Crippen molar-refractivity contribution in [1.29, 1.82) is 0 Å². The van der Waals surface area contributed by atoms with Gasteiger partial charge in [0.05, 0.1) is 5.39 Å². The summed E-state index contributed by atoms with van der Waals surface area (Å²) in [4.78, 5) is 17.6. The van der Waals surface area contributed by atoms with Crippen molar-refractivity contribution in [3.8, 4) is 11.5 Å². The molecule has 0 bridgehead atoms. The minimum atomic E-state index is -0.640. The molecule has 100 valence electrons. The molecule has 0 atom stereocenters.